The summed E-state index contributed by atoms with van der Waals surface area (Å²) < 4.78 is 19.5. The summed E-state index contributed by atoms with van der Waals surface area (Å²) in [4.78, 5) is 14.0. The molecule has 0 saturated carbocycles. The van der Waals surface area contributed by atoms with Crippen molar-refractivity contribution in [2.24, 2.45) is 0 Å². The zero-order valence-corrected chi connectivity index (χ0v) is 12.3. The predicted molar refractivity (Wildman–Crippen MR) is 82.1 cm³/mol. The van der Waals surface area contributed by atoms with Crippen LogP contribution in [0.3, 0.4) is 0 Å². The van der Waals surface area contributed by atoms with E-state index in [2.05, 4.69) is 0 Å². The zero-order chi connectivity index (χ0) is 16.4. The van der Waals surface area contributed by atoms with Gasteiger partial charge in [0, 0.05) is 19.0 Å². The number of phenolic OH excluding ortho intramolecular Hbond substituents is 1. The van der Waals surface area contributed by atoms with Crippen LogP contribution >= 0.6 is 0 Å². The van der Waals surface area contributed by atoms with Crippen molar-refractivity contribution in [2.45, 2.75) is 12.5 Å². The lowest BCUT2D eigenvalue weighted by atomic mass is 10.0. The lowest BCUT2D eigenvalue weighted by molar-refractivity contribution is -0.126. The van der Waals surface area contributed by atoms with Crippen LogP contribution in [-0.4, -0.2) is 35.4 Å². The van der Waals surface area contributed by atoms with Crippen molar-refractivity contribution in [1.82, 2.24) is 0 Å². The van der Waals surface area contributed by atoms with Gasteiger partial charge in [0.25, 0.3) is 5.91 Å². The van der Waals surface area contributed by atoms with Gasteiger partial charge >= 0.3 is 0 Å². The summed E-state index contributed by atoms with van der Waals surface area (Å²) in [5, 5.41) is 18.8. The normalized spacial score (nSPS) is 16.9. The quantitative estimate of drug-likeness (QED) is 0.903. The number of fused-ring (bicyclic) bond motifs is 1. The van der Waals surface area contributed by atoms with E-state index >= 15 is 0 Å². The number of ether oxygens (including phenoxy) is 1. The van der Waals surface area contributed by atoms with Gasteiger partial charge < -0.3 is 19.8 Å². The number of anilines is 1. The molecule has 1 heterocycles. The molecule has 0 saturated heterocycles. The highest BCUT2D eigenvalue weighted by atomic mass is 19.1. The van der Waals surface area contributed by atoms with Crippen LogP contribution in [0.1, 0.15) is 5.56 Å². The summed E-state index contributed by atoms with van der Waals surface area (Å²) in [5.74, 6) is -0.411. The second kappa shape index (κ2) is 6.26. The summed E-state index contributed by atoms with van der Waals surface area (Å²) >= 11 is 0. The molecule has 6 heteroatoms. The van der Waals surface area contributed by atoms with Gasteiger partial charge in [-0.1, -0.05) is 18.2 Å². The number of rotatable bonds is 4. The molecule has 0 aliphatic carbocycles. The van der Waals surface area contributed by atoms with Gasteiger partial charge in [-0.3, -0.25) is 4.79 Å². The Morgan fingerprint density at radius 2 is 2.00 bits per heavy atom. The number of aromatic hydroxyl groups is 1. The van der Waals surface area contributed by atoms with E-state index in [-0.39, 0.29) is 31.2 Å². The Bertz CT molecular complexity index is 734. The molecule has 0 fully saturated rings. The van der Waals surface area contributed by atoms with E-state index in [0.717, 1.165) is 0 Å². The highest BCUT2D eigenvalue weighted by Gasteiger charge is 2.34. The largest absolute Gasteiger partial charge is 0.508 e. The summed E-state index contributed by atoms with van der Waals surface area (Å²) in [6, 6.07) is 10.6. The molecule has 0 radical (unpaired) electrons. The van der Waals surface area contributed by atoms with E-state index in [1.54, 1.807) is 24.3 Å². The van der Waals surface area contributed by atoms with Crippen LogP contribution in [0.2, 0.25) is 0 Å². The van der Waals surface area contributed by atoms with Crippen LogP contribution in [0.15, 0.2) is 42.5 Å². The molecule has 2 aromatic rings. The summed E-state index contributed by atoms with van der Waals surface area (Å²) in [6.07, 6.45) is -0.838. The average molecular weight is 317 g/mol. The molecule has 23 heavy (non-hydrogen) atoms. The summed E-state index contributed by atoms with van der Waals surface area (Å²) in [6.45, 7) is -0.105. The second-order valence-corrected chi connectivity index (χ2v) is 5.27. The van der Waals surface area contributed by atoms with Gasteiger partial charge in [0.15, 0.2) is 6.10 Å². The smallest absolute Gasteiger partial charge is 0.268 e. The van der Waals surface area contributed by atoms with Crippen LogP contribution < -0.4 is 9.64 Å². The number of nitrogens with zero attached hydrogens (tertiary/aromatic N) is 1. The molecule has 0 spiro atoms. The highest BCUT2D eigenvalue weighted by molar-refractivity contribution is 6.00. The number of aliphatic hydroxyl groups is 1. The molecule has 0 bridgehead atoms. The fourth-order valence-corrected chi connectivity index (χ4v) is 2.64. The molecule has 0 aromatic heterocycles. The Labute approximate surface area is 132 Å². The van der Waals surface area contributed by atoms with Gasteiger partial charge in [-0.15, -0.1) is 0 Å². The van der Waals surface area contributed by atoms with E-state index < -0.39 is 11.9 Å². The Morgan fingerprint density at radius 1 is 1.22 bits per heavy atom. The number of amides is 1. The predicted octanol–water partition coefficient (Wildman–Crippen LogP) is 1.86. The number of carbonyl (C=O) groups excluding carboxylic acids is 1. The van der Waals surface area contributed by atoms with Crippen molar-refractivity contribution in [1.29, 1.82) is 0 Å². The zero-order valence-electron chi connectivity index (χ0n) is 12.3. The van der Waals surface area contributed by atoms with Crippen molar-refractivity contribution in [3.63, 3.8) is 0 Å². The molecule has 120 valence electrons. The lowest BCUT2D eigenvalue weighted by Gasteiger charge is -2.34. The fourth-order valence-electron chi connectivity index (χ4n) is 2.64. The third-order valence-electron chi connectivity index (χ3n) is 3.73. The number of benzene rings is 2. The molecule has 1 atom stereocenters. The van der Waals surface area contributed by atoms with Gasteiger partial charge in [0.2, 0.25) is 0 Å². The maximum Gasteiger partial charge on any atom is 0.268 e. The van der Waals surface area contributed by atoms with Gasteiger partial charge in [0.05, 0.1) is 12.3 Å². The first-order valence-corrected chi connectivity index (χ1v) is 7.25. The molecule has 1 amide bonds. The van der Waals surface area contributed by atoms with Gasteiger partial charge in [-0.25, -0.2) is 4.39 Å². The molecule has 2 aromatic carbocycles. The molecule has 1 unspecified atom stereocenters. The minimum atomic E-state index is -0.909. The van der Waals surface area contributed by atoms with Gasteiger partial charge in [-0.2, -0.15) is 0 Å². The van der Waals surface area contributed by atoms with Crippen molar-refractivity contribution in [3.8, 4) is 11.5 Å². The first-order valence-electron chi connectivity index (χ1n) is 7.25. The van der Waals surface area contributed by atoms with Crippen LogP contribution in [0.5, 0.6) is 11.5 Å². The number of hydrogen-bond acceptors (Lipinski definition) is 4. The van der Waals surface area contributed by atoms with E-state index in [0.29, 0.717) is 17.0 Å². The number of hydrogen-bond donors (Lipinski definition) is 2. The van der Waals surface area contributed by atoms with Crippen molar-refractivity contribution in [2.75, 3.05) is 18.1 Å². The molecule has 3 rings (SSSR count). The maximum absolute atomic E-state index is 13.8. The Hall–Kier alpha value is -2.60. The molecular formula is C17H16FNO4. The number of β-amino-alcohol motifs (C(OH)–C–C–N with tert-alkyl or cyclic N) is 1. The lowest BCUT2D eigenvalue weighted by Crippen LogP contribution is -2.48. The first kappa shape index (κ1) is 15.3. The summed E-state index contributed by atoms with van der Waals surface area (Å²) in [7, 11) is 0. The number of phenols is 1. The number of halogens is 1. The standard InChI is InChI=1S/C17H16FNO4/c18-13-4-2-1-3-11(13)9-16-17(22)19(7-8-20)14-6-5-12(21)10-15(14)23-16/h1-6,10,16,20-21H,7-9H2. The molecule has 2 N–H and O–H groups in total. The minimum Gasteiger partial charge on any atom is -0.508 e. The third-order valence-corrected chi connectivity index (χ3v) is 3.73. The van der Waals surface area contributed by atoms with Gasteiger partial charge in [-0.05, 0) is 23.8 Å². The Kier molecular flexibility index (Phi) is 4.16. The Balaban J connectivity index is 1.93. The molecule has 1 aliphatic rings. The molecule has 5 nitrogen and oxygen atoms in total. The van der Waals surface area contributed by atoms with Crippen LogP contribution in [0, 0.1) is 5.82 Å². The average Bonchev–Trinajstić information content (AvgIpc) is 2.53. The van der Waals surface area contributed by atoms with Gasteiger partial charge in [0.1, 0.15) is 17.3 Å². The van der Waals surface area contributed by atoms with Crippen LogP contribution in [0.4, 0.5) is 10.1 Å². The highest BCUT2D eigenvalue weighted by Crippen LogP contribution is 2.37. The maximum atomic E-state index is 13.8. The van der Waals surface area contributed by atoms with Crippen LogP contribution in [0.25, 0.3) is 0 Å². The van der Waals surface area contributed by atoms with Crippen molar-refractivity contribution >= 4 is 11.6 Å². The third kappa shape index (κ3) is 2.98. The van der Waals surface area contributed by atoms with E-state index in [4.69, 9.17) is 4.74 Å². The SMILES string of the molecule is O=C1C(Cc2ccccc2F)Oc2cc(O)ccc2N1CCO. The topological polar surface area (TPSA) is 70.0 Å². The van der Waals surface area contributed by atoms with Crippen molar-refractivity contribution in [3.05, 3.63) is 53.8 Å². The fraction of sp³-hybridized carbons (Fsp3) is 0.235. The summed E-state index contributed by atoms with van der Waals surface area (Å²) in [5.41, 5.74) is 0.852. The van der Waals surface area contributed by atoms with E-state index in [1.165, 1.54) is 23.1 Å². The number of carbonyl (C=O) groups is 1. The van der Waals surface area contributed by atoms with E-state index in [1.807, 2.05) is 0 Å². The molecule has 1 aliphatic heterocycles. The van der Waals surface area contributed by atoms with Crippen LogP contribution in [-0.2, 0) is 11.2 Å². The molecular weight excluding hydrogens is 301 g/mol. The number of aliphatic hydroxyl groups excluding tert-OH is 1. The minimum absolute atomic E-state index is 0.00619. The monoisotopic (exact) mass is 317 g/mol. The second-order valence-electron chi connectivity index (χ2n) is 5.27. The van der Waals surface area contributed by atoms with Crippen molar-refractivity contribution < 1.29 is 24.1 Å². The van der Waals surface area contributed by atoms with E-state index in [9.17, 15) is 19.4 Å². The Morgan fingerprint density at radius 3 is 2.74 bits per heavy atom. The first-order chi connectivity index (χ1) is 11.1.